The minimum absolute atomic E-state index is 0.136. The Balaban J connectivity index is 1.81. The van der Waals surface area contributed by atoms with Crippen molar-refractivity contribution in [1.82, 2.24) is 4.72 Å². The standard InChI is InChI=1S/C23H31NO3S/c1-17(16-23(2,3)20-12-6-5-7-13-20)24-28(25,26)22-15-19-11-9-8-10-18(19)14-21(22)27-4/h5-7,12-15,17,24H,8-11,16H2,1-4H3/t17-/m1/s1. The molecule has 0 heterocycles. The maximum atomic E-state index is 13.1. The Morgan fingerprint density at radius 1 is 1.07 bits per heavy atom. The second kappa shape index (κ2) is 8.26. The zero-order chi connectivity index (χ0) is 20.4. The van der Waals surface area contributed by atoms with Crippen LogP contribution in [-0.4, -0.2) is 21.6 Å². The molecule has 0 saturated heterocycles. The third-order valence-electron chi connectivity index (χ3n) is 5.65. The topological polar surface area (TPSA) is 55.4 Å². The number of methoxy groups -OCH3 is 1. The summed E-state index contributed by atoms with van der Waals surface area (Å²) in [6.07, 6.45) is 4.86. The normalized spacial score (nSPS) is 15.7. The monoisotopic (exact) mass is 401 g/mol. The van der Waals surface area contributed by atoms with E-state index < -0.39 is 10.0 Å². The van der Waals surface area contributed by atoms with E-state index in [0.29, 0.717) is 12.2 Å². The Kier molecular flexibility index (Phi) is 6.15. The molecule has 0 aliphatic heterocycles. The second-order valence-corrected chi connectivity index (χ2v) is 10.1. The number of hydrogen-bond acceptors (Lipinski definition) is 3. The molecule has 28 heavy (non-hydrogen) atoms. The molecular formula is C23H31NO3S. The highest BCUT2D eigenvalue weighted by Gasteiger charge is 2.28. The van der Waals surface area contributed by atoms with Crippen LogP contribution in [0.25, 0.3) is 0 Å². The minimum Gasteiger partial charge on any atom is -0.495 e. The van der Waals surface area contributed by atoms with Crippen LogP contribution in [0.3, 0.4) is 0 Å². The van der Waals surface area contributed by atoms with Gasteiger partial charge in [-0.05, 0) is 73.3 Å². The molecule has 0 aromatic heterocycles. The maximum absolute atomic E-state index is 13.1. The van der Waals surface area contributed by atoms with Crippen LogP contribution in [0.4, 0.5) is 0 Å². The zero-order valence-corrected chi connectivity index (χ0v) is 18.1. The summed E-state index contributed by atoms with van der Waals surface area (Å²) in [4.78, 5) is 0.250. The van der Waals surface area contributed by atoms with Gasteiger partial charge >= 0.3 is 0 Å². The first-order valence-electron chi connectivity index (χ1n) is 10.0. The molecule has 1 atom stereocenters. The summed E-state index contributed by atoms with van der Waals surface area (Å²) >= 11 is 0. The summed E-state index contributed by atoms with van der Waals surface area (Å²) < 4.78 is 34.6. The molecule has 2 aromatic rings. The van der Waals surface area contributed by atoms with Gasteiger partial charge in [0.2, 0.25) is 10.0 Å². The average Bonchev–Trinajstić information content (AvgIpc) is 2.66. The summed E-state index contributed by atoms with van der Waals surface area (Å²) in [5.41, 5.74) is 3.40. The fourth-order valence-corrected chi connectivity index (χ4v) is 5.70. The number of sulfonamides is 1. The summed E-state index contributed by atoms with van der Waals surface area (Å²) in [6.45, 7) is 6.21. The number of aryl methyl sites for hydroxylation is 2. The van der Waals surface area contributed by atoms with E-state index in [9.17, 15) is 8.42 Å². The SMILES string of the molecule is COc1cc2c(cc1S(=O)(=O)N[C@H](C)CC(C)(C)c1ccccc1)CCCC2. The predicted molar refractivity (Wildman–Crippen MR) is 114 cm³/mol. The third-order valence-corrected chi connectivity index (χ3v) is 7.26. The molecule has 0 radical (unpaired) electrons. The van der Waals surface area contributed by atoms with Crippen LogP contribution in [0.5, 0.6) is 5.75 Å². The van der Waals surface area contributed by atoms with E-state index in [4.69, 9.17) is 4.74 Å². The van der Waals surface area contributed by atoms with Gasteiger partial charge in [0.05, 0.1) is 7.11 Å². The molecule has 2 aromatic carbocycles. The van der Waals surface area contributed by atoms with Gasteiger partial charge in [-0.15, -0.1) is 0 Å². The Morgan fingerprint density at radius 2 is 1.68 bits per heavy atom. The lowest BCUT2D eigenvalue weighted by Crippen LogP contribution is -2.37. The first kappa shape index (κ1) is 20.9. The smallest absolute Gasteiger partial charge is 0.244 e. The van der Waals surface area contributed by atoms with Crippen LogP contribution < -0.4 is 9.46 Å². The van der Waals surface area contributed by atoms with Crippen molar-refractivity contribution < 1.29 is 13.2 Å². The first-order valence-corrected chi connectivity index (χ1v) is 11.5. The van der Waals surface area contributed by atoms with Crippen LogP contribution in [-0.2, 0) is 28.3 Å². The van der Waals surface area contributed by atoms with E-state index in [2.05, 4.69) is 30.7 Å². The quantitative estimate of drug-likeness (QED) is 0.737. The Morgan fingerprint density at radius 3 is 2.29 bits per heavy atom. The second-order valence-electron chi connectivity index (χ2n) is 8.46. The fraction of sp³-hybridized carbons (Fsp3) is 0.478. The van der Waals surface area contributed by atoms with E-state index in [-0.39, 0.29) is 16.4 Å². The zero-order valence-electron chi connectivity index (χ0n) is 17.3. The van der Waals surface area contributed by atoms with Crippen molar-refractivity contribution in [3.63, 3.8) is 0 Å². The predicted octanol–water partition coefficient (Wildman–Crippen LogP) is 4.61. The van der Waals surface area contributed by atoms with E-state index >= 15 is 0 Å². The summed E-state index contributed by atoms with van der Waals surface area (Å²) in [5.74, 6) is 0.433. The Hall–Kier alpha value is -1.85. The van der Waals surface area contributed by atoms with Gasteiger partial charge in [-0.1, -0.05) is 44.2 Å². The van der Waals surface area contributed by atoms with Crippen LogP contribution in [0, 0.1) is 0 Å². The molecule has 5 heteroatoms. The summed E-state index contributed by atoms with van der Waals surface area (Å²) in [6, 6.07) is 13.7. The average molecular weight is 402 g/mol. The molecule has 0 unspecified atom stereocenters. The van der Waals surface area contributed by atoms with E-state index in [0.717, 1.165) is 31.2 Å². The van der Waals surface area contributed by atoms with Crippen molar-refractivity contribution in [2.24, 2.45) is 0 Å². The van der Waals surface area contributed by atoms with E-state index in [1.807, 2.05) is 37.3 Å². The first-order chi connectivity index (χ1) is 13.2. The fourth-order valence-electron chi connectivity index (χ4n) is 4.25. The molecule has 0 spiro atoms. The van der Waals surface area contributed by atoms with Crippen molar-refractivity contribution in [1.29, 1.82) is 0 Å². The number of hydrogen-bond donors (Lipinski definition) is 1. The molecule has 0 bridgehead atoms. The number of ether oxygens (including phenoxy) is 1. The summed E-state index contributed by atoms with van der Waals surface area (Å²) in [5, 5.41) is 0. The van der Waals surface area contributed by atoms with Gasteiger partial charge in [-0.2, -0.15) is 0 Å². The number of nitrogens with one attached hydrogen (secondary N) is 1. The van der Waals surface area contributed by atoms with Gasteiger partial charge in [0.1, 0.15) is 10.6 Å². The van der Waals surface area contributed by atoms with E-state index in [1.54, 1.807) is 0 Å². The molecular weight excluding hydrogens is 370 g/mol. The molecule has 152 valence electrons. The Bertz CT molecular complexity index is 920. The van der Waals surface area contributed by atoms with Crippen molar-refractivity contribution in [3.8, 4) is 5.75 Å². The largest absolute Gasteiger partial charge is 0.495 e. The van der Waals surface area contributed by atoms with Gasteiger partial charge in [0.15, 0.2) is 0 Å². The van der Waals surface area contributed by atoms with Crippen molar-refractivity contribution in [2.45, 2.75) is 69.2 Å². The van der Waals surface area contributed by atoms with Gasteiger partial charge in [-0.25, -0.2) is 13.1 Å². The molecule has 0 fully saturated rings. The molecule has 3 rings (SSSR count). The van der Waals surface area contributed by atoms with Gasteiger partial charge < -0.3 is 4.74 Å². The highest BCUT2D eigenvalue weighted by Crippen LogP contribution is 2.33. The van der Waals surface area contributed by atoms with E-state index in [1.165, 1.54) is 18.2 Å². The van der Waals surface area contributed by atoms with Crippen LogP contribution >= 0.6 is 0 Å². The summed E-state index contributed by atoms with van der Waals surface area (Å²) in [7, 11) is -2.13. The number of rotatable bonds is 7. The van der Waals surface area contributed by atoms with Crippen LogP contribution in [0.1, 0.15) is 56.7 Å². The molecule has 1 N–H and O–H groups in total. The lowest BCUT2D eigenvalue weighted by atomic mass is 9.79. The molecule has 1 aliphatic rings. The van der Waals surface area contributed by atoms with Crippen LogP contribution in [0.15, 0.2) is 47.4 Å². The van der Waals surface area contributed by atoms with Crippen LogP contribution in [0.2, 0.25) is 0 Å². The molecule has 1 aliphatic carbocycles. The number of fused-ring (bicyclic) bond motifs is 1. The molecule has 0 saturated carbocycles. The van der Waals surface area contributed by atoms with Crippen molar-refractivity contribution in [2.75, 3.05) is 7.11 Å². The van der Waals surface area contributed by atoms with Gasteiger partial charge in [-0.3, -0.25) is 0 Å². The highest BCUT2D eigenvalue weighted by molar-refractivity contribution is 7.89. The third kappa shape index (κ3) is 4.58. The van der Waals surface area contributed by atoms with Crippen molar-refractivity contribution >= 4 is 10.0 Å². The Labute approximate surface area is 169 Å². The van der Waals surface area contributed by atoms with Crippen molar-refractivity contribution in [3.05, 3.63) is 59.2 Å². The number of benzene rings is 2. The minimum atomic E-state index is -3.67. The van der Waals surface area contributed by atoms with Gasteiger partial charge in [0, 0.05) is 6.04 Å². The lowest BCUT2D eigenvalue weighted by molar-refractivity contribution is 0.398. The highest BCUT2D eigenvalue weighted by atomic mass is 32.2. The maximum Gasteiger partial charge on any atom is 0.244 e. The molecule has 0 amide bonds. The lowest BCUT2D eigenvalue weighted by Gasteiger charge is -2.29. The molecule has 4 nitrogen and oxygen atoms in total. The van der Waals surface area contributed by atoms with Gasteiger partial charge in [0.25, 0.3) is 0 Å².